The molecule has 34 heavy (non-hydrogen) atoms. The largest absolute Gasteiger partial charge is 0.493 e. The predicted octanol–water partition coefficient (Wildman–Crippen LogP) is 5.94. The maximum Gasteiger partial charge on any atom is 0.252 e. The van der Waals surface area contributed by atoms with Crippen LogP contribution < -0.4 is 14.8 Å². The van der Waals surface area contributed by atoms with E-state index in [-0.39, 0.29) is 5.91 Å². The molecule has 0 unspecified atom stereocenters. The van der Waals surface area contributed by atoms with Crippen molar-refractivity contribution in [2.45, 2.75) is 29.7 Å². The number of hydrogen-bond acceptors (Lipinski definition) is 5. The number of aryl methyl sites for hydroxylation is 1. The predicted molar refractivity (Wildman–Crippen MR) is 137 cm³/mol. The second-order valence-electron chi connectivity index (χ2n) is 7.82. The Balaban J connectivity index is 1.51. The van der Waals surface area contributed by atoms with Gasteiger partial charge >= 0.3 is 0 Å². The molecule has 0 aliphatic heterocycles. The number of para-hydroxylation sites is 1. The van der Waals surface area contributed by atoms with Crippen LogP contribution in [0.3, 0.4) is 0 Å². The number of carbonyl (C=O) groups is 1. The highest BCUT2D eigenvalue weighted by Crippen LogP contribution is 2.30. The average molecular weight is 473 g/mol. The number of ether oxygens (including phenoxy) is 2. The van der Waals surface area contributed by atoms with Crippen LogP contribution in [0.15, 0.2) is 82.7 Å². The maximum absolute atomic E-state index is 13.2. The zero-order chi connectivity index (χ0) is 23.9. The minimum atomic E-state index is -0.109. The number of fused-ring (bicyclic) bond motifs is 1. The maximum atomic E-state index is 13.2. The Hall–Kier alpha value is -3.51. The van der Waals surface area contributed by atoms with E-state index >= 15 is 0 Å². The Bertz CT molecular complexity index is 1290. The van der Waals surface area contributed by atoms with Gasteiger partial charge in [0.25, 0.3) is 5.91 Å². The standard InChI is InChI=1S/C28H28N2O3S/c1-4-19-9-12-21(13-10-19)34-27-18-23(22-7-5-6-8-24(22)30-27)28(31)29-16-15-20-11-14-25(32-2)26(17-20)33-3/h5-14,17-18H,4,15-16H2,1-3H3,(H,29,31). The summed E-state index contributed by atoms with van der Waals surface area (Å²) in [6.45, 7) is 2.65. The van der Waals surface area contributed by atoms with E-state index in [1.165, 1.54) is 5.56 Å². The lowest BCUT2D eigenvalue weighted by molar-refractivity contribution is 0.0955. The zero-order valence-corrected chi connectivity index (χ0v) is 20.4. The SMILES string of the molecule is CCc1ccc(Sc2cc(C(=O)NCCc3ccc(OC)c(OC)c3)c3ccccc3n2)cc1. The van der Waals surface area contributed by atoms with Crippen molar-refractivity contribution in [2.24, 2.45) is 0 Å². The summed E-state index contributed by atoms with van der Waals surface area (Å²) in [6.07, 6.45) is 1.69. The normalized spacial score (nSPS) is 10.8. The third-order valence-electron chi connectivity index (χ3n) is 5.64. The molecular weight excluding hydrogens is 444 g/mol. The van der Waals surface area contributed by atoms with Crippen LogP contribution in [0.5, 0.6) is 11.5 Å². The van der Waals surface area contributed by atoms with Gasteiger partial charge in [0.15, 0.2) is 11.5 Å². The van der Waals surface area contributed by atoms with Crippen LogP contribution in [0.4, 0.5) is 0 Å². The number of pyridine rings is 1. The molecule has 3 aromatic carbocycles. The van der Waals surface area contributed by atoms with E-state index in [0.29, 0.717) is 30.0 Å². The molecule has 0 aliphatic rings. The minimum absolute atomic E-state index is 0.109. The molecule has 174 valence electrons. The Kier molecular flexibility index (Phi) is 7.70. The molecule has 0 fully saturated rings. The van der Waals surface area contributed by atoms with E-state index in [0.717, 1.165) is 32.8 Å². The zero-order valence-electron chi connectivity index (χ0n) is 19.6. The highest BCUT2D eigenvalue weighted by atomic mass is 32.2. The molecule has 0 radical (unpaired) electrons. The quantitative estimate of drug-likeness (QED) is 0.327. The fourth-order valence-corrected chi connectivity index (χ4v) is 4.59. The van der Waals surface area contributed by atoms with Gasteiger partial charge in [-0.3, -0.25) is 4.79 Å². The number of rotatable bonds is 9. The van der Waals surface area contributed by atoms with Gasteiger partial charge in [0.2, 0.25) is 0 Å². The first-order valence-electron chi connectivity index (χ1n) is 11.3. The molecule has 6 heteroatoms. The molecule has 5 nitrogen and oxygen atoms in total. The van der Waals surface area contributed by atoms with E-state index in [9.17, 15) is 4.79 Å². The van der Waals surface area contributed by atoms with Crippen molar-refractivity contribution in [3.63, 3.8) is 0 Å². The number of methoxy groups -OCH3 is 2. The van der Waals surface area contributed by atoms with Gasteiger partial charge < -0.3 is 14.8 Å². The summed E-state index contributed by atoms with van der Waals surface area (Å²) in [6, 6.07) is 23.9. The van der Waals surface area contributed by atoms with Gasteiger partial charge in [-0.1, -0.05) is 55.1 Å². The lowest BCUT2D eigenvalue weighted by atomic mass is 10.1. The van der Waals surface area contributed by atoms with Crippen LogP contribution in [-0.2, 0) is 12.8 Å². The monoisotopic (exact) mass is 472 g/mol. The first-order valence-corrected chi connectivity index (χ1v) is 12.1. The topological polar surface area (TPSA) is 60.5 Å². The first-order chi connectivity index (χ1) is 16.6. The molecule has 0 spiro atoms. The Morgan fingerprint density at radius 2 is 1.65 bits per heavy atom. The lowest BCUT2D eigenvalue weighted by Crippen LogP contribution is -2.26. The fourth-order valence-electron chi connectivity index (χ4n) is 3.76. The van der Waals surface area contributed by atoms with Gasteiger partial charge in [-0.25, -0.2) is 4.98 Å². The van der Waals surface area contributed by atoms with Crippen LogP contribution in [0.25, 0.3) is 10.9 Å². The van der Waals surface area contributed by atoms with Crippen molar-refractivity contribution >= 4 is 28.6 Å². The molecule has 0 bridgehead atoms. The molecule has 0 atom stereocenters. The van der Waals surface area contributed by atoms with Crippen molar-refractivity contribution in [3.8, 4) is 11.5 Å². The molecular formula is C28H28N2O3S. The van der Waals surface area contributed by atoms with E-state index in [1.807, 2.05) is 48.5 Å². The molecule has 1 amide bonds. The second kappa shape index (κ2) is 11.1. The van der Waals surface area contributed by atoms with Gasteiger partial charge in [0.1, 0.15) is 5.03 Å². The van der Waals surface area contributed by atoms with E-state index < -0.39 is 0 Å². The molecule has 4 aromatic rings. The summed E-state index contributed by atoms with van der Waals surface area (Å²) in [5, 5.41) is 4.71. The highest BCUT2D eigenvalue weighted by molar-refractivity contribution is 7.99. The summed E-state index contributed by atoms with van der Waals surface area (Å²) in [4.78, 5) is 19.0. The van der Waals surface area contributed by atoms with E-state index in [2.05, 4.69) is 36.5 Å². The third-order valence-corrected chi connectivity index (χ3v) is 6.56. The van der Waals surface area contributed by atoms with Crippen LogP contribution in [0, 0.1) is 0 Å². The van der Waals surface area contributed by atoms with Gasteiger partial charge in [-0.15, -0.1) is 0 Å². The number of benzene rings is 3. The number of nitrogens with zero attached hydrogens (tertiary/aromatic N) is 1. The van der Waals surface area contributed by atoms with E-state index in [1.54, 1.807) is 26.0 Å². The number of hydrogen-bond donors (Lipinski definition) is 1. The summed E-state index contributed by atoms with van der Waals surface area (Å²) in [5.74, 6) is 1.26. The number of amides is 1. The van der Waals surface area contributed by atoms with Crippen molar-refractivity contribution in [1.29, 1.82) is 0 Å². The van der Waals surface area contributed by atoms with E-state index in [4.69, 9.17) is 14.5 Å². The summed E-state index contributed by atoms with van der Waals surface area (Å²) in [7, 11) is 3.23. The molecule has 1 heterocycles. The summed E-state index contributed by atoms with van der Waals surface area (Å²) >= 11 is 1.56. The molecule has 0 aliphatic carbocycles. The van der Waals surface area contributed by atoms with Crippen LogP contribution in [0.2, 0.25) is 0 Å². The van der Waals surface area contributed by atoms with Crippen LogP contribution in [-0.4, -0.2) is 31.7 Å². The van der Waals surface area contributed by atoms with Crippen molar-refractivity contribution in [3.05, 3.63) is 89.5 Å². The van der Waals surface area contributed by atoms with Crippen LogP contribution in [0.1, 0.15) is 28.4 Å². The number of aromatic nitrogens is 1. The fraction of sp³-hybridized carbons (Fsp3) is 0.214. The highest BCUT2D eigenvalue weighted by Gasteiger charge is 2.14. The van der Waals surface area contributed by atoms with Gasteiger partial charge in [0, 0.05) is 16.8 Å². The molecule has 0 saturated carbocycles. The van der Waals surface area contributed by atoms with Crippen LogP contribution >= 0.6 is 11.8 Å². The van der Waals surface area contributed by atoms with Gasteiger partial charge in [-0.05, 0) is 60.4 Å². The van der Waals surface area contributed by atoms with Crippen molar-refractivity contribution in [2.75, 3.05) is 20.8 Å². The average Bonchev–Trinajstić information content (AvgIpc) is 2.88. The third kappa shape index (κ3) is 5.51. The van der Waals surface area contributed by atoms with Gasteiger partial charge in [-0.2, -0.15) is 0 Å². The number of carbonyl (C=O) groups excluding carboxylic acids is 1. The molecule has 1 aromatic heterocycles. The summed E-state index contributed by atoms with van der Waals surface area (Å²) < 4.78 is 10.7. The molecule has 4 rings (SSSR count). The lowest BCUT2D eigenvalue weighted by Gasteiger charge is -2.12. The second-order valence-corrected chi connectivity index (χ2v) is 8.91. The number of nitrogens with one attached hydrogen (secondary N) is 1. The van der Waals surface area contributed by atoms with Crippen molar-refractivity contribution in [1.82, 2.24) is 10.3 Å². The van der Waals surface area contributed by atoms with Crippen molar-refractivity contribution < 1.29 is 14.3 Å². The molecule has 0 saturated heterocycles. The smallest absolute Gasteiger partial charge is 0.252 e. The molecule has 1 N–H and O–H groups in total. The Morgan fingerprint density at radius 1 is 0.912 bits per heavy atom. The van der Waals surface area contributed by atoms with Gasteiger partial charge in [0.05, 0.1) is 25.3 Å². The Morgan fingerprint density at radius 3 is 2.38 bits per heavy atom. The minimum Gasteiger partial charge on any atom is -0.493 e. The Labute approximate surface area is 204 Å². The summed E-state index contributed by atoms with van der Waals surface area (Å²) in [5.41, 5.74) is 3.79. The first kappa shape index (κ1) is 23.6.